The van der Waals surface area contributed by atoms with Gasteiger partial charge in [-0.25, -0.2) is 8.42 Å². The largest absolute Gasteiger partial charge is 0.480 e. The van der Waals surface area contributed by atoms with Crippen molar-refractivity contribution in [3.8, 4) is 0 Å². The second-order valence-corrected chi connectivity index (χ2v) is 9.45. The Morgan fingerprint density at radius 2 is 1.76 bits per heavy atom. The number of amides is 2. The maximum absolute atomic E-state index is 13.1. The predicted octanol–water partition coefficient (Wildman–Crippen LogP) is 2.18. The van der Waals surface area contributed by atoms with Crippen LogP contribution >= 0.6 is 0 Å². The van der Waals surface area contributed by atoms with Crippen molar-refractivity contribution in [2.24, 2.45) is 0 Å². The third-order valence-electron chi connectivity index (χ3n) is 5.67. The molecule has 4 N–H and O–H groups in total. The molecule has 9 nitrogen and oxygen atoms in total. The first-order chi connectivity index (χ1) is 15.7. The number of aromatic amines is 1. The van der Waals surface area contributed by atoms with Gasteiger partial charge < -0.3 is 10.1 Å². The molecule has 1 aliphatic heterocycles. The standard InChI is InChI=1S/C23H17N3O6S/c27-21-16-6-3-4-12-8-14(10-17(20(12)16)22(28)25-21)33(31,32)26-19(23(29)30)9-13-11-24-18-7-2-1-5-15(13)18/h1-8,10-11,19,24,26H,9H2,(H,29,30)(H,25,27,28). The number of carboxylic acids is 1. The van der Waals surface area contributed by atoms with Gasteiger partial charge in [-0.1, -0.05) is 30.3 Å². The van der Waals surface area contributed by atoms with Crippen LogP contribution in [0.5, 0.6) is 0 Å². The second-order valence-electron chi connectivity index (χ2n) is 7.73. The van der Waals surface area contributed by atoms with Gasteiger partial charge in [-0.3, -0.25) is 19.7 Å². The number of hydrogen-bond acceptors (Lipinski definition) is 5. The average Bonchev–Trinajstić information content (AvgIpc) is 3.19. The van der Waals surface area contributed by atoms with Gasteiger partial charge in [0.2, 0.25) is 10.0 Å². The lowest BCUT2D eigenvalue weighted by molar-refractivity contribution is -0.138. The molecule has 0 bridgehead atoms. The van der Waals surface area contributed by atoms with Crippen molar-refractivity contribution in [1.29, 1.82) is 0 Å². The van der Waals surface area contributed by atoms with Crippen LogP contribution in [0.25, 0.3) is 21.7 Å². The number of H-pyrrole nitrogens is 1. The quantitative estimate of drug-likeness (QED) is 0.323. The zero-order chi connectivity index (χ0) is 23.3. The Hall–Kier alpha value is -4.02. The minimum absolute atomic E-state index is 0.0339. The van der Waals surface area contributed by atoms with Crippen molar-refractivity contribution in [2.45, 2.75) is 17.4 Å². The zero-order valence-corrected chi connectivity index (χ0v) is 17.8. The van der Waals surface area contributed by atoms with Crippen molar-refractivity contribution in [3.63, 3.8) is 0 Å². The molecule has 5 rings (SSSR count). The fraction of sp³-hybridized carbons (Fsp3) is 0.0870. The van der Waals surface area contributed by atoms with Crippen molar-refractivity contribution in [2.75, 3.05) is 0 Å². The highest BCUT2D eigenvalue weighted by Gasteiger charge is 2.30. The normalized spacial score (nSPS) is 14.4. The molecule has 0 spiro atoms. The van der Waals surface area contributed by atoms with Crippen molar-refractivity contribution >= 4 is 49.5 Å². The van der Waals surface area contributed by atoms with Gasteiger partial charge in [0.05, 0.1) is 4.90 Å². The first-order valence-corrected chi connectivity index (χ1v) is 11.5. The molecule has 0 aliphatic carbocycles. The van der Waals surface area contributed by atoms with E-state index < -0.39 is 33.8 Å². The maximum atomic E-state index is 13.1. The number of hydrogen-bond donors (Lipinski definition) is 4. The van der Waals surface area contributed by atoms with E-state index in [0.29, 0.717) is 16.3 Å². The Morgan fingerprint density at radius 1 is 1.00 bits per heavy atom. The molecule has 1 aromatic heterocycles. The smallest absolute Gasteiger partial charge is 0.322 e. The number of carbonyl (C=O) groups is 3. The molecular formula is C23H17N3O6S. The van der Waals surface area contributed by atoms with E-state index in [9.17, 15) is 27.9 Å². The molecule has 166 valence electrons. The van der Waals surface area contributed by atoms with Crippen LogP contribution < -0.4 is 10.0 Å². The molecule has 0 radical (unpaired) electrons. The van der Waals surface area contributed by atoms with Gasteiger partial charge in [0, 0.05) is 40.0 Å². The van der Waals surface area contributed by atoms with Crippen molar-refractivity contribution in [1.82, 2.24) is 15.0 Å². The van der Waals surface area contributed by atoms with Gasteiger partial charge in [-0.2, -0.15) is 4.72 Å². The minimum Gasteiger partial charge on any atom is -0.480 e. The fourth-order valence-corrected chi connectivity index (χ4v) is 5.37. The zero-order valence-electron chi connectivity index (χ0n) is 17.0. The summed E-state index contributed by atoms with van der Waals surface area (Å²) in [6.45, 7) is 0. The average molecular weight is 463 g/mol. The summed E-state index contributed by atoms with van der Waals surface area (Å²) < 4.78 is 28.5. The Labute approximate surface area is 187 Å². The number of para-hydroxylation sites is 1. The summed E-state index contributed by atoms with van der Waals surface area (Å²) in [5, 5.41) is 13.4. The number of carboxylic acid groups (broad SMARTS) is 1. The summed E-state index contributed by atoms with van der Waals surface area (Å²) in [5.74, 6) is -2.61. The number of benzene rings is 3. The first kappa shape index (κ1) is 20.9. The van der Waals surface area contributed by atoms with E-state index in [-0.39, 0.29) is 22.4 Å². The van der Waals surface area contributed by atoms with Crippen molar-refractivity contribution in [3.05, 3.63) is 77.5 Å². The number of imide groups is 1. The lowest BCUT2D eigenvalue weighted by Crippen LogP contribution is -2.42. The number of aromatic nitrogens is 1. The Morgan fingerprint density at radius 3 is 2.55 bits per heavy atom. The topological polar surface area (TPSA) is 145 Å². The summed E-state index contributed by atoms with van der Waals surface area (Å²) >= 11 is 0. The highest BCUT2D eigenvalue weighted by molar-refractivity contribution is 7.89. The molecule has 0 saturated carbocycles. The predicted molar refractivity (Wildman–Crippen MR) is 119 cm³/mol. The van der Waals surface area contributed by atoms with Gasteiger partial charge >= 0.3 is 5.97 Å². The number of carbonyl (C=O) groups excluding carboxylic acids is 2. The number of aliphatic carboxylic acids is 1. The fourth-order valence-electron chi connectivity index (χ4n) is 4.12. The minimum atomic E-state index is -4.32. The van der Waals surface area contributed by atoms with Crippen LogP contribution in [-0.2, 0) is 21.2 Å². The van der Waals surface area contributed by atoms with Gasteiger partial charge in [0.1, 0.15) is 6.04 Å². The van der Waals surface area contributed by atoms with Crippen LogP contribution in [0, 0.1) is 0 Å². The molecule has 1 unspecified atom stereocenters. The third kappa shape index (κ3) is 3.55. The summed E-state index contributed by atoms with van der Waals surface area (Å²) in [5.41, 5.74) is 1.76. The van der Waals surface area contributed by atoms with E-state index in [1.54, 1.807) is 24.4 Å². The van der Waals surface area contributed by atoms with E-state index >= 15 is 0 Å². The molecule has 2 heterocycles. The summed E-state index contributed by atoms with van der Waals surface area (Å²) in [6.07, 6.45) is 1.57. The number of sulfonamides is 1. The molecule has 0 saturated heterocycles. The van der Waals surface area contributed by atoms with Crippen LogP contribution in [0.15, 0.2) is 65.7 Å². The van der Waals surface area contributed by atoms with Crippen LogP contribution in [-0.4, -0.2) is 42.3 Å². The van der Waals surface area contributed by atoms with Gasteiger partial charge in [0.25, 0.3) is 11.8 Å². The van der Waals surface area contributed by atoms with Crippen LogP contribution in [0.4, 0.5) is 0 Å². The van der Waals surface area contributed by atoms with E-state index in [4.69, 9.17) is 0 Å². The molecule has 2 amide bonds. The molecule has 33 heavy (non-hydrogen) atoms. The summed E-state index contributed by atoms with van der Waals surface area (Å²) in [4.78, 5) is 39.2. The van der Waals surface area contributed by atoms with E-state index in [1.165, 1.54) is 6.07 Å². The number of fused-ring (bicyclic) bond motifs is 1. The Balaban J connectivity index is 1.53. The van der Waals surface area contributed by atoms with Crippen LogP contribution in [0.3, 0.4) is 0 Å². The summed E-state index contributed by atoms with van der Waals surface area (Å²) in [7, 11) is -4.32. The van der Waals surface area contributed by atoms with Gasteiger partial charge in [-0.05, 0) is 35.2 Å². The van der Waals surface area contributed by atoms with E-state index in [1.807, 2.05) is 24.3 Å². The van der Waals surface area contributed by atoms with Crippen molar-refractivity contribution < 1.29 is 27.9 Å². The molecule has 10 heteroatoms. The van der Waals surface area contributed by atoms with Crippen LogP contribution in [0.1, 0.15) is 26.3 Å². The third-order valence-corrected chi connectivity index (χ3v) is 7.12. The Bertz CT molecular complexity index is 1590. The lowest BCUT2D eigenvalue weighted by atomic mass is 9.95. The van der Waals surface area contributed by atoms with E-state index in [0.717, 1.165) is 17.0 Å². The van der Waals surface area contributed by atoms with Gasteiger partial charge in [0.15, 0.2) is 0 Å². The summed E-state index contributed by atoms with van der Waals surface area (Å²) in [6, 6.07) is 13.0. The monoisotopic (exact) mass is 463 g/mol. The van der Waals surface area contributed by atoms with E-state index in [2.05, 4.69) is 15.0 Å². The molecular weight excluding hydrogens is 446 g/mol. The van der Waals surface area contributed by atoms with Crippen LogP contribution in [0.2, 0.25) is 0 Å². The molecule has 0 fully saturated rings. The lowest BCUT2D eigenvalue weighted by Gasteiger charge is -2.19. The highest BCUT2D eigenvalue weighted by atomic mass is 32.2. The number of rotatable bonds is 6. The number of nitrogens with one attached hydrogen (secondary N) is 3. The highest BCUT2D eigenvalue weighted by Crippen LogP contribution is 2.30. The molecule has 4 aromatic rings. The molecule has 1 aliphatic rings. The Kier molecular flexibility index (Phi) is 4.76. The molecule has 3 aromatic carbocycles. The first-order valence-electron chi connectivity index (χ1n) is 9.97. The van der Waals surface area contributed by atoms with Gasteiger partial charge in [-0.15, -0.1) is 0 Å². The second kappa shape index (κ2) is 7.54. The maximum Gasteiger partial charge on any atom is 0.322 e. The SMILES string of the molecule is O=C1NC(=O)c2cc(S(=O)(=O)NC(Cc3c[nH]c4ccccc34)C(=O)O)cc3cccc1c23. The molecule has 1 atom stereocenters.